The number of benzene rings is 3. The lowest BCUT2D eigenvalue weighted by molar-refractivity contribution is 1.24. The Kier molecular flexibility index (Phi) is 11.9. The SMILES string of the molecule is Cc1cc(B(c2c(C)c(C)c(-c3ccc(-c4cccnc4)nc3)c(C)c2C)c2c(C)c(C)c(-c3ccc(-c4cccnc4)nc3)c(C)c2C)c(C)c(C)c1-c1ccc(-c2cccnc2)nc1. The summed E-state index contributed by atoms with van der Waals surface area (Å²) in [6, 6.07) is 27.5. The summed E-state index contributed by atoms with van der Waals surface area (Å²) in [4.78, 5) is 27.8. The minimum atomic E-state index is -0.0439. The van der Waals surface area contributed by atoms with E-state index in [0.717, 1.165) is 50.5 Å². The van der Waals surface area contributed by atoms with Crippen molar-refractivity contribution in [1.29, 1.82) is 0 Å². The lowest BCUT2D eigenvalue weighted by atomic mass is 9.32. The number of nitrogens with zero attached hydrogens (tertiary/aromatic N) is 6. The van der Waals surface area contributed by atoms with Crippen LogP contribution < -0.4 is 16.4 Å². The number of rotatable bonds is 9. The normalized spacial score (nSPS) is 11.3. The van der Waals surface area contributed by atoms with Crippen molar-refractivity contribution in [2.24, 2.45) is 0 Å². The summed E-state index contributed by atoms with van der Waals surface area (Å²) in [5.41, 5.74) is 31.0. The Morgan fingerprint density at radius 2 is 0.652 bits per heavy atom. The van der Waals surface area contributed by atoms with Crippen LogP contribution in [0.5, 0.6) is 0 Å². The third kappa shape index (κ3) is 7.72. The monoisotopic (exact) mass is 858 g/mol. The number of pyridine rings is 6. The zero-order valence-corrected chi connectivity index (χ0v) is 40.0. The molecule has 0 spiro atoms. The Hall–Kier alpha value is -7.38. The van der Waals surface area contributed by atoms with Gasteiger partial charge in [-0.15, -0.1) is 0 Å². The molecule has 0 bridgehead atoms. The fourth-order valence-electron chi connectivity index (χ4n) is 10.4. The molecule has 9 rings (SSSR count). The molecule has 0 radical (unpaired) electrons. The summed E-state index contributed by atoms with van der Waals surface area (Å²) in [6.07, 6.45) is 17.1. The van der Waals surface area contributed by atoms with Crippen LogP contribution in [-0.2, 0) is 0 Å². The minimum absolute atomic E-state index is 0.0439. The minimum Gasteiger partial charge on any atom is -0.264 e. The van der Waals surface area contributed by atoms with E-state index in [9.17, 15) is 0 Å². The van der Waals surface area contributed by atoms with Gasteiger partial charge in [-0.25, -0.2) is 0 Å². The molecule has 6 aromatic heterocycles. The maximum absolute atomic E-state index is 4.95. The van der Waals surface area contributed by atoms with Crippen LogP contribution in [-0.4, -0.2) is 36.6 Å². The van der Waals surface area contributed by atoms with Gasteiger partial charge in [0.2, 0.25) is 6.71 Å². The maximum atomic E-state index is 4.95. The Balaban J connectivity index is 1.23. The van der Waals surface area contributed by atoms with Gasteiger partial charge in [0.25, 0.3) is 0 Å². The van der Waals surface area contributed by atoms with Gasteiger partial charge in [-0.05, 0) is 181 Å². The molecule has 0 N–H and O–H groups in total. The first-order chi connectivity index (χ1) is 31.8. The van der Waals surface area contributed by atoms with Crippen LogP contribution in [0.15, 0.2) is 135 Å². The van der Waals surface area contributed by atoms with Crippen LogP contribution in [0.1, 0.15) is 61.2 Å². The molecule has 3 aromatic carbocycles. The highest BCUT2D eigenvalue weighted by Crippen LogP contribution is 2.36. The Bertz CT molecular complexity index is 3050. The van der Waals surface area contributed by atoms with E-state index >= 15 is 0 Å². The van der Waals surface area contributed by atoms with Crippen molar-refractivity contribution in [2.75, 3.05) is 0 Å². The molecule has 0 saturated heterocycles. The van der Waals surface area contributed by atoms with Crippen LogP contribution in [0.2, 0.25) is 0 Å². The Morgan fingerprint density at radius 1 is 0.318 bits per heavy atom. The summed E-state index contributed by atoms with van der Waals surface area (Å²) >= 11 is 0. The second-order valence-corrected chi connectivity index (χ2v) is 17.9. The molecule has 9 aromatic rings. The smallest absolute Gasteiger partial charge is 0.242 e. The average molecular weight is 859 g/mol. The van der Waals surface area contributed by atoms with Crippen molar-refractivity contribution in [3.05, 3.63) is 196 Å². The van der Waals surface area contributed by atoms with Crippen LogP contribution in [0.25, 0.3) is 67.2 Å². The van der Waals surface area contributed by atoms with Crippen LogP contribution >= 0.6 is 0 Å². The number of hydrogen-bond acceptors (Lipinski definition) is 6. The van der Waals surface area contributed by atoms with Crippen molar-refractivity contribution >= 4 is 23.1 Å². The molecule has 0 amide bonds. The maximum Gasteiger partial charge on any atom is 0.242 e. The molecule has 6 heterocycles. The van der Waals surface area contributed by atoms with Crippen molar-refractivity contribution in [1.82, 2.24) is 29.9 Å². The van der Waals surface area contributed by atoms with Crippen molar-refractivity contribution in [3.8, 4) is 67.2 Å². The predicted octanol–water partition coefficient (Wildman–Crippen LogP) is 12.0. The van der Waals surface area contributed by atoms with Gasteiger partial charge in [0.15, 0.2) is 0 Å². The number of hydrogen-bond donors (Lipinski definition) is 0. The molecule has 7 heteroatoms. The third-order valence-corrected chi connectivity index (χ3v) is 14.4. The van der Waals surface area contributed by atoms with Crippen LogP contribution in [0.4, 0.5) is 0 Å². The molecule has 0 aliphatic carbocycles. The first kappa shape index (κ1) is 43.9. The summed E-state index contributed by atoms with van der Waals surface area (Å²) in [6.45, 7) is 25.3. The molecule has 0 fully saturated rings. The fourth-order valence-corrected chi connectivity index (χ4v) is 10.4. The molecule has 0 aliphatic rings. The predicted molar refractivity (Wildman–Crippen MR) is 275 cm³/mol. The van der Waals surface area contributed by atoms with Crippen LogP contribution in [0, 0.1) is 76.2 Å². The van der Waals surface area contributed by atoms with E-state index in [2.05, 4.69) is 152 Å². The third-order valence-electron chi connectivity index (χ3n) is 14.4. The molecular weight excluding hydrogens is 804 g/mol. The van der Waals surface area contributed by atoms with E-state index in [0.29, 0.717) is 0 Å². The molecule has 324 valence electrons. The average Bonchev–Trinajstić information content (AvgIpc) is 3.35. The Morgan fingerprint density at radius 3 is 0.955 bits per heavy atom. The van der Waals surface area contributed by atoms with Gasteiger partial charge in [-0.3, -0.25) is 29.9 Å². The van der Waals surface area contributed by atoms with Crippen molar-refractivity contribution < 1.29 is 0 Å². The van der Waals surface area contributed by atoms with Crippen molar-refractivity contribution in [2.45, 2.75) is 76.2 Å². The summed E-state index contributed by atoms with van der Waals surface area (Å²) in [7, 11) is 0. The summed E-state index contributed by atoms with van der Waals surface area (Å²) in [5.74, 6) is 0. The molecule has 0 atom stereocenters. The fraction of sp³-hybridized carbons (Fsp3) is 0.186. The lowest BCUT2D eigenvalue weighted by Gasteiger charge is -2.31. The van der Waals surface area contributed by atoms with Gasteiger partial charge in [0.1, 0.15) is 0 Å². The Labute approximate surface area is 390 Å². The largest absolute Gasteiger partial charge is 0.264 e. The van der Waals surface area contributed by atoms with E-state index in [4.69, 9.17) is 15.0 Å². The zero-order valence-electron chi connectivity index (χ0n) is 40.0. The molecule has 6 nitrogen and oxygen atoms in total. The first-order valence-corrected chi connectivity index (χ1v) is 22.8. The van der Waals surface area contributed by atoms with E-state index in [-0.39, 0.29) is 6.71 Å². The quantitative estimate of drug-likeness (QED) is 0.135. The standard InChI is InChI=1S/C59H55BN6/c1-34-27-51(35(2)36(3)55(34)48-18-21-52(64-31-48)45-15-12-24-61-28-45)60(58-41(8)37(4)56(38(5)42(58)9)49-19-22-53(65-32-49)46-16-13-25-62-29-46)59-43(10)39(6)57(40(7)44(59)11)50-20-23-54(66-33-50)47-17-14-26-63-30-47/h12-33H,1-11H3. The number of aromatic nitrogens is 6. The highest BCUT2D eigenvalue weighted by atomic mass is 14.7. The van der Waals surface area contributed by atoms with Gasteiger partial charge in [0, 0.05) is 89.2 Å². The van der Waals surface area contributed by atoms with Crippen LogP contribution in [0.3, 0.4) is 0 Å². The highest BCUT2D eigenvalue weighted by molar-refractivity contribution is 6.97. The zero-order chi connectivity index (χ0) is 46.4. The van der Waals surface area contributed by atoms with Gasteiger partial charge >= 0.3 is 0 Å². The lowest BCUT2D eigenvalue weighted by Crippen LogP contribution is -2.57. The second-order valence-electron chi connectivity index (χ2n) is 17.9. The van der Waals surface area contributed by atoms with E-state index in [1.807, 2.05) is 55.4 Å². The van der Waals surface area contributed by atoms with Crippen molar-refractivity contribution in [3.63, 3.8) is 0 Å². The molecule has 66 heavy (non-hydrogen) atoms. The topological polar surface area (TPSA) is 77.3 Å². The highest BCUT2D eigenvalue weighted by Gasteiger charge is 2.34. The second kappa shape index (κ2) is 17.9. The van der Waals surface area contributed by atoms with Gasteiger partial charge in [0.05, 0.1) is 17.1 Å². The molecule has 0 saturated carbocycles. The first-order valence-electron chi connectivity index (χ1n) is 22.8. The van der Waals surface area contributed by atoms with E-state index in [1.54, 1.807) is 18.6 Å². The summed E-state index contributed by atoms with van der Waals surface area (Å²) < 4.78 is 0. The van der Waals surface area contributed by atoms with E-state index < -0.39 is 0 Å². The van der Waals surface area contributed by atoms with Gasteiger partial charge in [-0.2, -0.15) is 0 Å². The molecular formula is C59H55BN6. The van der Waals surface area contributed by atoms with Gasteiger partial charge in [-0.1, -0.05) is 68.5 Å². The van der Waals surface area contributed by atoms with E-state index in [1.165, 1.54) is 94.3 Å². The summed E-state index contributed by atoms with van der Waals surface area (Å²) in [5, 5.41) is 0. The number of aryl methyl sites for hydroxylation is 1. The molecule has 0 unspecified atom stereocenters. The van der Waals surface area contributed by atoms with Gasteiger partial charge < -0.3 is 0 Å². The molecule has 0 aliphatic heterocycles.